The number of thiocarbonyl (C=S) groups is 1. The average Bonchev–Trinajstić information content (AvgIpc) is 2.46. The minimum absolute atomic E-state index is 0.488. The van der Waals surface area contributed by atoms with E-state index in [9.17, 15) is 0 Å². The second kappa shape index (κ2) is 7.01. The third kappa shape index (κ3) is 4.02. The minimum atomic E-state index is 0.488. The molecule has 3 heteroatoms. The Morgan fingerprint density at radius 3 is 2.68 bits per heavy atom. The maximum absolute atomic E-state index is 5.71. The number of benzene rings is 1. The van der Waals surface area contributed by atoms with Gasteiger partial charge in [0.05, 0.1) is 0 Å². The highest BCUT2D eigenvalue weighted by atomic mass is 32.1. The van der Waals surface area contributed by atoms with Gasteiger partial charge in [-0.25, -0.2) is 0 Å². The van der Waals surface area contributed by atoms with Crippen LogP contribution in [-0.4, -0.2) is 22.5 Å². The molecule has 0 aliphatic heterocycles. The molecule has 0 bridgehead atoms. The predicted molar refractivity (Wildman–Crippen MR) is 85.3 cm³/mol. The molecule has 1 aromatic rings. The first-order valence-electron chi connectivity index (χ1n) is 7.33. The first kappa shape index (κ1) is 14.5. The molecular formula is C16H24N2S. The predicted octanol–water partition coefficient (Wildman–Crippen LogP) is 3.48. The van der Waals surface area contributed by atoms with Gasteiger partial charge >= 0.3 is 0 Å². The van der Waals surface area contributed by atoms with Gasteiger partial charge in [0.15, 0.2) is 0 Å². The van der Waals surface area contributed by atoms with Gasteiger partial charge in [0.1, 0.15) is 4.99 Å². The largest absolute Gasteiger partial charge is 0.389 e. The standard InChI is InChI=1S/C16H24N2S/c1-2-18(15-9-4-3-5-10-15)12-13-7-6-8-14(11-13)16(17)19/h6-8,11,15H,2-5,9-10,12H2,1H3,(H2,17,19). The maximum atomic E-state index is 5.71. The van der Waals surface area contributed by atoms with Crippen LogP contribution in [0.2, 0.25) is 0 Å². The van der Waals surface area contributed by atoms with E-state index >= 15 is 0 Å². The summed E-state index contributed by atoms with van der Waals surface area (Å²) >= 11 is 5.05. The SMILES string of the molecule is CCN(Cc1cccc(C(N)=S)c1)C1CCCCC1. The molecule has 19 heavy (non-hydrogen) atoms. The fourth-order valence-electron chi connectivity index (χ4n) is 3.00. The van der Waals surface area contributed by atoms with Crippen molar-refractivity contribution in [3.63, 3.8) is 0 Å². The quantitative estimate of drug-likeness (QED) is 0.835. The topological polar surface area (TPSA) is 29.3 Å². The van der Waals surface area contributed by atoms with Crippen LogP contribution in [0, 0.1) is 0 Å². The van der Waals surface area contributed by atoms with E-state index in [2.05, 4.69) is 30.0 Å². The monoisotopic (exact) mass is 276 g/mol. The molecule has 0 amide bonds. The normalized spacial score (nSPS) is 16.7. The molecule has 0 radical (unpaired) electrons. The van der Waals surface area contributed by atoms with Gasteiger partial charge in [-0.05, 0) is 31.0 Å². The molecule has 1 aliphatic carbocycles. The molecule has 2 rings (SSSR count). The van der Waals surface area contributed by atoms with Crippen molar-refractivity contribution in [1.29, 1.82) is 0 Å². The Bertz CT molecular complexity index is 425. The Balaban J connectivity index is 2.04. The lowest BCUT2D eigenvalue weighted by Crippen LogP contribution is -2.36. The van der Waals surface area contributed by atoms with Crippen molar-refractivity contribution in [3.8, 4) is 0 Å². The van der Waals surface area contributed by atoms with Crippen LogP contribution in [0.3, 0.4) is 0 Å². The van der Waals surface area contributed by atoms with Crippen LogP contribution < -0.4 is 5.73 Å². The van der Waals surface area contributed by atoms with Crippen LogP contribution >= 0.6 is 12.2 Å². The highest BCUT2D eigenvalue weighted by Crippen LogP contribution is 2.24. The molecule has 0 heterocycles. The van der Waals surface area contributed by atoms with E-state index in [-0.39, 0.29) is 0 Å². The van der Waals surface area contributed by atoms with Gasteiger partial charge in [-0.3, -0.25) is 4.90 Å². The van der Waals surface area contributed by atoms with Crippen LogP contribution in [0.5, 0.6) is 0 Å². The molecule has 0 saturated heterocycles. The van der Waals surface area contributed by atoms with Gasteiger partial charge in [0, 0.05) is 18.2 Å². The van der Waals surface area contributed by atoms with E-state index in [1.807, 2.05) is 6.07 Å². The lowest BCUT2D eigenvalue weighted by atomic mass is 9.94. The van der Waals surface area contributed by atoms with Crippen molar-refractivity contribution in [3.05, 3.63) is 35.4 Å². The highest BCUT2D eigenvalue weighted by Gasteiger charge is 2.19. The Hall–Kier alpha value is -0.930. The number of nitrogens with zero attached hydrogens (tertiary/aromatic N) is 1. The fourth-order valence-corrected chi connectivity index (χ4v) is 3.13. The summed E-state index contributed by atoms with van der Waals surface area (Å²) in [5, 5.41) is 0. The minimum Gasteiger partial charge on any atom is -0.389 e. The van der Waals surface area contributed by atoms with Gasteiger partial charge < -0.3 is 5.73 Å². The van der Waals surface area contributed by atoms with E-state index in [4.69, 9.17) is 18.0 Å². The molecule has 0 aromatic heterocycles. The Morgan fingerprint density at radius 2 is 2.05 bits per heavy atom. The van der Waals surface area contributed by atoms with Crippen molar-refractivity contribution >= 4 is 17.2 Å². The molecule has 1 fully saturated rings. The molecular weight excluding hydrogens is 252 g/mol. The van der Waals surface area contributed by atoms with Crippen LogP contribution in [0.4, 0.5) is 0 Å². The Morgan fingerprint density at radius 1 is 1.32 bits per heavy atom. The van der Waals surface area contributed by atoms with Gasteiger partial charge in [-0.1, -0.05) is 56.6 Å². The summed E-state index contributed by atoms with van der Waals surface area (Å²) in [4.78, 5) is 3.08. The number of hydrogen-bond acceptors (Lipinski definition) is 2. The van der Waals surface area contributed by atoms with Crippen molar-refractivity contribution in [1.82, 2.24) is 4.90 Å². The summed E-state index contributed by atoms with van der Waals surface area (Å²) in [6, 6.07) is 9.11. The van der Waals surface area contributed by atoms with Gasteiger partial charge in [0.25, 0.3) is 0 Å². The summed E-state index contributed by atoms with van der Waals surface area (Å²) in [5.74, 6) is 0. The lowest BCUT2D eigenvalue weighted by molar-refractivity contribution is 0.156. The van der Waals surface area contributed by atoms with Gasteiger partial charge in [-0.2, -0.15) is 0 Å². The highest BCUT2D eigenvalue weighted by molar-refractivity contribution is 7.80. The molecule has 0 atom stereocenters. The van der Waals surface area contributed by atoms with Crippen molar-refractivity contribution in [2.24, 2.45) is 5.73 Å². The summed E-state index contributed by atoms with van der Waals surface area (Å²) in [7, 11) is 0. The van der Waals surface area contributed by atoms with Gasteiger partial charge in [0.2, 0.25) is 0 Å². The first-order chi connectivity index (χ1) is 9.20. The third-order valence-electron chi connectivity index (χ3n) is 4.09. The molecule has 2 nitrogen and oxygen atoms in total. The summed E-state index contributed by atoms with van der Waals surface area (Å²) < 4.78 is 0. The zero-order valence-electron chi connectivity index (χ0n) is 11.8. The summed E-state index contributed by atoms with van der Waals surface area (Å²) in [6.07, 6.45) is 6.87. The zero-order chi connectivity index (χ0) is 13.7. The Kier molecular flexibility index (Phi) is 5.34. The Labute approximate surface area is 122 Å². The second-order valence-electron chi connectivity index (χ2n) is 5.42. The van der Waals surface area contributed by atoms with E-state index in [1.54, 1.807) is 0 Å². The molecule has 0 spiro atoms. The smallest absolute Gasteiger partial charge is 0.103 e. The summed E-state index contributed by atoms with van der Waals surface area (Å²) in [5.41, 5.74) is 8.00. The van der Waals surface area contributed by atoms with E-state index in [0.717, 1.165) is 24.7 Å². The maximum Gasteiger partial charge on any atom is 0.103 e. The second-order valence-corrected chi connectivity index (χ2v) is 5.86. The molecule has 0 unspecified atom stereocenters. The lowest BCUT2D eigenvalue weighted by Gasteiger charge is -2.33. The van der Waals surface area contributed by atoms with Crippen LogP contribution in [-0.2, 0) is 6.54 Å². The van der Waals surface area contributed by atoms with Gasteiger partial charge in [-0.15, -0.1) is 0 Å². The molecule has 2 N–H and O–H groups in total. The number of rotatable bonds is 5. The third-order valence-corrected chi connectivity index (χ3v) is 4.33. The molecule has 1 aliphatic rings. The summed E-state index contributed by atoms with van der Waals surface area (Å²) in [6.45, 7) is 4.38. The molecule has 1 aromatic carbocycles. The van der Waals surface area contributed by atoms with Crippen LogP contribution in [0.25, 0.3) is 0 Å². The van der Waals surface area contributed by atoms with E-state index < -0.39 is 0 Å². The molecule has 1 saturated carbocycles. The van der Waals surface area contributed by atoms with Crippen LogP contribution in [0.1, 0.15) is 50.2 Å². The molecule has 104 valence electrons. The first-order valence-corrected chi connectivity index (χ1v) is 7.74. The van der Waals surface area contributed by atoms with E-state index in [1.165, 1.54) is 37.7 Å². The average molecular weight is 276 g/mol. The van der Waals surface area contributed by atoms with Crippen molar-refractivity contribution in [2.75, 3.05) is 6.54 Å². The van der Waals surface area contributed by atoms with Crippen LogP contribution in [0.15, 0.2) is 24.3 Å². The number of nitrogens with two attached hydrogens (primary N) is 1. The zero-order valence-corrected chi connectivity index (χ0v) is 12.6. The van der Waals surface area contributed by atoms with Crippen molar-refractivity contribution < 1.29 is 0 Å². The fraction of sp³-hybridized carbons (Fsp3) is 0.562. The van der Waals surface area contributed by atoms with E-state index in [0.29, 0.717) is 4.99 Å². The van der Waals surface area contributed by atoms with Crippen molar-refractivity contribution in [2.45, 2.75) is 51.6 Å². The number of hydrogen-bond donors (Lipinski definition) is 1.